The smallest absolute Gasteiger partial charge is 0.242 e. The molecule has 0 unspecified atom stereocenters. The molecule has 0 aliphatic carbocycles. The fourth-order valence-electron chi connectivity index (χ4n) is 2.09. The highest BCUT2D eigenvalue weighted by atomic mass is 35.5. The third-order valence-corrected chi connectivity index (χ3v) is 5.91. The van der Waals surface area contributed by atoms with Crippen LogP contribution in [0.3, 0.4) is 0 Å². The van der Waals surface area contributed by atoms with Crippen LogP contribution in [0.4, 0.5) is 0 Å². The van der Waals surface area contributed by atoms with Crippen molar-refractivity contribution >= 4 is 33.2 Å². The highest BCUT2D eigenvalue weighted by Crippen LogP contribution is 2.36. The molecule has 4 nitrogen and oxygen atoms in total. The first-order valence-corrected chi connectivity index (χ1v) is 9.17. The van der Waals surface area contributed by atoms with Gasteiger partial charge in [-0.25, -0.2) is 13.1 Å². The zero-order valence-electron chi connectivity index (χ0n) is 12.7. The van der Waals surface area contributed by atoms with Gasteiger partial charge in [0.25, 0.3) is 0 Å². The van der Waals surface area contributed by atoms with Gasteiger partial charge in [0.2, 0.25) is 10.0 Å². The molecule has 2 aromatic carbocycles. The van der Waals surface area contributed by atoms with E-state index in [1.54, 1.807) is 0 Å². The molecule has 0 saturated carbocycles. The van der Waals surface area contributed by atoms with Gasteiger partial charge in [0.05, 0.1) is 12.1 Å². The maximum Gasteiger partial charge on any atom is 0.242 e. The maximum atomic E-state index is 12.4. The molecule has 0 bridgehead atoms. The summed E-state index contributed by atoms with van der Waals surface area (Å²) in [4.78, 5) is -0.0646. The van der Waals surface area contributed by atoms with Crippen LogP contribution in [0.1, 0.15) is 18.4 Å². The Bertz CT molecular complexity index is 779. The third kappa shape index (κ3) is 4.18. The largest absolute Gasteiger partial charge is 0.495 e. The van der Waals surface area contributed by atoms with Crippen molar-refractivity contribution in [2.75, 3.05) is 13.7 Å². The summed E-state index contributed by atoms with van der Waals surface area (Å²) in [5, 5.41) is 0.0269. The second-order valence-corrected chi connectivity index (χ2v) is 7.55. The van der Waals surface area contributed by atoms with E-state index in [9.17, 15) is 8.42 Å². The first kappa shape index (κ1) is 18.1. The molecule has 0 fully saturated rings. The Kier molecular flexibility index (Phi) is 5.92. The van der Waals surface area contributed by atoms with Crippen LogP contribution in [-0.4, -0.2) is 22.1 Å². The van der Waals surface area contributed by atoms with Crippen molar-refractivity contribution in [2.24, 2.45) is 0 Å². The molecule has 2 rings (SSSR count). The molecular weight excluding hydrogens is 357 g/mol. The van der Waals surface area contributed by atoms with Crippen LogP contribution in [0.15, 0.2) is 47.4 Å². The summed E-state index contributed by atoms with van der Waals surface area (Å²) in [7, 11) is -2.33. The van der Waals surface area contributed by atoms with Gasteiger partial charge in [-0.05, 0) is 23.6 Å². The fourth-order valence-corrected chi connectivity index (χ4v) is 4.06. The second kappa shape index (κ2) is 7.53. The lowest BCUT2D eigenvalue weighted by Crippen LogP contribution is -2.28. The summed E-state index contributed by atoms with van der Waals surface area (Å²) in [6.07, 6.45) is 0. The maximum absolute atomic E-state index is 12.4. The molecule has 1 N–H and O–H groups in total. The predicted octanol–water partition coefficient (Wildman–Crippen LogP) is 4.08. The van der Waals surface area contributed by atoms with Gasteiger partial charge in [-0.2, -0.15) is 0 Å². The fraction of sp³-hybridized carbons (Fsp3) is 0.250. The highest BCUT2D eigenvalue weighted by molar-refractivity contribution is 7.89. The molecule has 0 aliphatic heterocycles. The first-order chi connectivity index (χ1) is 10.9. The van der Waals surface area contributed by atoms with E-state index < -0.39 is 10.0 Å². The van der Waals surface area contributed by atoms with Gasteiger partial charge >= 0.3 is 0 Å². The van der Waals surface area contributed by atoms with Crippen molar-refractivity contribution in [2.45, 2.75) is 17.7 Å². The molecule has 1 atom stereocenters. The Morgan fingerprint density at radius 3 is 2.35 bits per heavy atom. The molecule has 124 valence electrons. The van der Waals surface area contributed by atoms with Crippen LogP contribution in [0.2, 0.25) is 10.0 Å². The molecule has 7 heteroatoms. The van der Waals surface area contributed by atoms with Gasteiger partial charge in [0.15, 0.2) is 0 Å². The number of hydrogen-bond donors (Lipinski definition) is 1. The summed E-state index contributed by atoms with van der Waals surface area (Å²) < 4.78 is 32.5. The van der Waals surface area contributed by atoms with Crippen molar-refractivity contribution in [1.29, 1.82) is 0 Å². The van der Waals surface area contributed by atoms with Crippen LogP contribution < -0.4 is 9.46 Å². The van der Waals surface area contributed by atoms with E-state index in [2.05, 4.69) is 4.72 Å². The lowest BCUT2D eigenvalue weighted by atomic mass is 10.0. The molecule has 0 aromatic heterocycles. The van der Waals surface area contributed by atoms with Gasteiger partial charge in [0.1, 0.15) is 15.7 Å². The number of methoxy groups -OCH3 is 1. The van der Waals surface area contributed by atoms with Crippen LogP contribution in [-0.2, 0) is 10.0 Å². The van der Waals surface area contributed by atoms with Crippen LogP contribution in [0.5, 0.6) is 5.75 Å². The minimum Gasteiger partial charge on any atom is -0.495 e. The number of benzene rings is 2. The molecule has 0 saturated heterocycles. The number of hydrogen-bond acceptors (Lipinski definition) is 3. The van der Waals surface area contributed by atoms with Crippen LogP contribution in [0.25, 0.3) is 0 Å². The summed E-state index contributed by atoms with van der Waals surface area (Å²) in [5.41, 5.74) is 1.05. The third-order valence-electron chi connectivity index (χ3n) is 3.47. The molecule has 2 aromatic rings. The molecule has 0 spiro atoms. The van der Waals surface area contributed by atoms with E-state index in [1.807, 2.05) is 37.3 Å². The van der Waals surface area contributed by atoms with Crippen molar-refractivity contribution in [3.05, 3.63) is 58.1 Å². The SMILES string of the molecule is COc1ccc(S(=O)(=O)NC[C@@H](C)c2ccccc2)c(Cl)c1Cl. The standard InChI is InChI=1S/C16H17Cl2NO3S/c1-11(12-6-4-3-5-7-12)10-19-23(20,21)14-9-8-13(22-2)15(17)16(14)18/h3-9,11,19H,10H2,1-2H3/t11-/m1/s1. The van der Waals surface area contributed by atoms with E-state index >= 15 is 0 Å². The molecular formula is C16H17Cl2NO3S. The number of ether oxygens (including phenoxy) is 1. The van der Waals surface area contributed by atoms with Crippen LogP contribution >= 0.6 is 23.2 Å². The minimum atomic E-state index is -3.76. The lowest BCUT2D eigenvalue weighted by Gasteiger charge is -2.15. The molecule has 0 amide bonds. The quantitative estimate of drug-likeness (QED) is 0.829. The topological polar surface area (TPSA) is 55.4 Å². The Hall–Kier alpha value is -1.27. The number of nitrogens with one attached hydrogen (secondary N) is 1. The molecule has 23 heavy (non-hydrogen) atoms. The second-order valence-electron chi connectivity index (χ2n) is 5.06. The van der Waals surface area contributed by atoms with Crippen molar-refractivity contribution in [3.8, 4) is 5.75 Å². The number of rotatable bonds is 6. The van der Waals surface area contributed by atoms with Gasteiger partial charge in [0, 0.05) is 6.54 Å². The monoisotopic (exact) mass is 373 g/mol. The van der Waals surface area contributed by atoms with E-state index in [0.717, 1.165) is 5.56 Å². The zero-order chi connectivity index (χ0) is 17.0. The first-order valence-electron chi connectivity index (χ1n) is 6.93. The minimum absolute atomic E-state index is 0.0264. The summed E-state index contributed by atoms with van der Waals surface area (Å²) in [5.74, 6) is 0.353. The van der Waals surface area contributed by atoms with Crippen molar-refractivity contribution in [3.63, 3.8) is 0 Å². The van der Waals surface area contributed by atoms with Crippen molar-refractivity contribution in [1.82, 2.24) is 4.72 Å². The predicted molar refractivity (Wildman–Crippen MR) is 93.1 cm³/mol. The summed E-state index contributed by atoms with van der Waals surface area (Å²) in [6.45, 7) is 2.20. The van der Waals surface area contributed by atoms with Gasteiger partial charge in [-0.1, -0.05) is 60.5 Å². The van der Waals surface area contributed by atoms with E-state index in [-0.39, 0.29) is 27.4 Å². The normalized spacial score (nSPS) is 12.9. The summed E-state index contributed by atoms with van der Waals surface area (Å²) in [6, 6.07) is 12.5. The van der Waals surface area contributed by atoms with E-state index in [4.69, 9.17) is 27.9 Å². The summed E-state index contributed by atoms with van der Waals surface area (Å²) >= 11 is 12.1. The lowest BCUT2D eigenvalue weighted by molar-refractivity contribution is 0.414. The number of halogens is 2. The van der Waals surface area contributed by atoms with Crippen molar-refractivity contribution < 1.29 is 13.2 Å². The van der Waals surface area contributed by atoms with Gasteiger partial charge < -0.3 is 4.74 Å². The van der Waals surface area contributed by atoms with Gasteiger partial charge in [-0.15, -0.1) is 0 Å². The molecule has 0 radical (unpaired) electrons. The average molecular weight is 374 g/mol. The Labute approximate surface area is 146 Å². The van der Waals surface area contributed by atoms with E-state index in [0.29, 0.717) is 5.75 Å². The number of sulfonamides is 1. The Balaban J connectivity index is 2.18. The van der Waals surface area contributed by atoms with Crippen LogP contribution in [0, 0.1) is 0 Å². The Morgan fingerprint density at radius 1 is 1.09 bits per heavy atom. The average Bonchev–Trinajstić information content (AvgIpc) is 2.55. The highest BCUT2D eigenvalue weighted by Gasteiger charge is 2.22. The van der Waals surface area contributed by atoms with E-state index in [1.165, 1.54) is 19.2 Å². The molecule has 0 heterocycles. The Morgan fingerprint density at radius 2 is 1.74 bits per heavy atom. The zero-order valence-corrected chi connectivity index (χ0v) is 15.0. The van der Waals surface area contributed by atoms with Gasteiger partial charge in [-0.3, -0.25) is 0 Å². The molecule has 0 aliphatic rings.